The lowest BCUT2D eigenvalue weighted by Gasteiger charge is -2.07. The Morgan fingerprint density at radius 2 is 1.81 bits per heavy atom. The molecule has 0 amide bonds. The van der Waals surface area contributed by atoms with Crippen molar-refractivity contribution in [3.8, 4) is 5.75 Å². The third-order valence-electron chi connectivity index (χ3n) is 3.34. The lowest BCUT2D eigenvalue weighted by molar-refractivity contribution is 0.0962. The highest BCUT2D eigenvalue weighted by atomic mass is 19.2. The number of hydrogen-bond acceptors (Lipinski definition) is 2. The molecular weight excluding hydrogens is 276 g/mol. The number of fused-ring (bicyclic) bond motifs is 1. The Hall–Kier alpha value is -2.69. The third kappa shape index (κ3) is 2.16. The smallest absolute Gasteiger partial charge is 0.262 e. The molecule has 0 aliphatic heterocycles. The van der Waals surface area contributed by atoms with Gasteiger partial charge < -0.3 is 5.11 Å². The molecule has 0 saturated carbocycles. The summed E-state index contributed by atoms with van der Waals surface area (Å²) in [6.45, 7) is 1.73. The van der Waals surface area contributed by atoms with Gasteiger partial charge in [0.2, 0.25) is 0 Å². The van der Waals surface area contributed by atoms with Gasteiger partial charge in [-0.2, -0.15) is 0 Å². The van der Waals surface area contributed by atoms with E-state index < -0.39 is 17.5 Å². The number of aromatic hydroxyl groups is 1. The Labute approximate surface area is 119 Å². The number of aromatic nitrogens is 1. The number of halogens is 2. The Bertz CT molecular complexity index is 868. The van der Waals surface area contributed by atoms with Crippen LogP contribution in [0, 0.1) is 18.6 Å². The maximum Gasteiger partial charge on any atom is 0.262 e. The van der Waals surface area contributed by atoms with E-state index in [4.69, 9.17) is 0 Å². The number of phenolic OH excluding ortho intramolecular Hbond substituents is 1. The van der Waals surface area contributed by atoms with E-state index in [9.17, 15) is 18.7 Å². The molecule has 0 unspecified atom stereocenters. The highest BCUT2D eigenvalue weighted by Crippen LogP contribution is 2.25. The van der Waals surface area contributed by atoms with E-state index in [0.29, 0.717) is 16.6 Å². The molecule has 0 aliphatic rings. The van der Waals surface area contributed by atoms with Crippen LogP contribution in [0.3, 0.4) is 0 Å². The fourth-order valence-electron chi connectivity index (χ4n) is 2.37. The normalized spacial score (nSPS) is 11.0. The van der Waals surface area contributed by atoms with Crippen LogP contribution in [0.25, 0.3) is 10.9 Å². The molecule has 0 bridgehead atoms. The average Bonchev–Trinajstić information content (AvgIpc) is 2.76. The van der Waals surface area contributed by atoms with Crippen molar-refractivity contribution in [2.45, 2.75) is 6.92 Å². The molecule has 2 aromatic carbocycles. The molecule has 0 atom stereocenters. The van der Waals surface area contributed by atoms with Crippen LogP contribution >= 0.6 is 0 Å². The number of nitrogens with zero attached hydrogens (tertiary/aromatic N) is 1. The first-order valence-electron chi connectivity index (χ1n) is 6.28. The predicted octanol–water partition coefficient (Wildman–Crippen LogP) is 3.62. The van der Waals surface area contributed by atoms with E-state index in [1.165, 1.54) is 22.8 Å². The number of aryl methyl sites for hydroxylation is 1. The second-order valence-electron chi connectivity index (χ2n) is 4.80. The number of phenols is 1. The first kappa shape index (κ1) is 13.3. The van der Waals surface area contributed by atoms with Crippen molar-refractivity contribution in [2.24, 2.45) is 0 Å². The SMILES string of the molecule is Cc1cc2cc(O)ccc2n1C(=O)c1ccc(F)c(F)c1. The van der Waals surface area contributed by atoms with E-state index >= 15 is 0 Å². The van der Waals surface area contributed by atoms with Crippen LogP contribution in [0.4, 0.5) is 8.78 Å². The van der Waals surface area contributed by atoms with Gasteiger partial charge in [0.05, 0.1) is 5.52 Å². The summed E-state index contributed by atoms with van der Waals surface area (Å²) in [7, 11) is 0. The summed E-state index contributed by atoms with van der Waals surface area (Å²) in [4.78, 5) is 12.5. The van der Waals surface area contributed by atoms with Crippen LogP contribution < -0.4 is 0 Å². The van der Waals surface area contributed by atoms with Crippen molar-refractivity contribution >= 4 is 16.8 Å². The van der Waals surface area contributed by atoms with Crippen molar-refractivity contribution in [3.63, 3.8) is 0 Å². The van der Waals surface area contributed by atoms with Crippen molar-refractivity contribution in [3.05, 3.63) is 65.4 Å². The maximum atomic E-state index is 13.3. The van der Waals surface area contributed by atoms with Gasteiger partial charge in [-0.05, 0) is 49.4 Å². The fraction of sp³-hybridized carbons (Fsp3) is 0.0625. The standard InChI is InChI=1S/C16H11F2NO2/c1-9-6-11-7-12(20)3-5-15(11)19(9)16(21)10-2-4-13(17)14(18)8-10/h2-8,20H,1H3. The second-order valence-corrected chi connectivity index (χ2v) is 4.80. The first-order valence-corrected chi connectivity index (χ1v) is 6.28. The largest absolute Gasteiger partial charge is 0.508 e. The van der Waals surface area contributed by atoms with Gasteiger partial charge in [-0.25, -0.2) is 8.78 Å². The second kappa shape index (κ2) is 4.70. The molecule has 5 heteroatoms. The summed E-state index contributed by atoms with van der Waals surface area (Å²) in [6, 6.07) is 9.40. The summed E-state index contributed by atoms with van der Waals surface area (Å²) in [6.07, 6.45) is 0. The van der Waals surface area contributed by atoms with Crippen LogP contribution in [0.5, 0.6) is 5.75 Å². The number of hydrogen-bond donors (Lipinski definition) is 1. The molecule has 3 aromatic rings. The first-order chi connectivity index (χ1) is 9.97. The van der Waals surface area contributed by atoms with Crippen molar-refractivity contribution < 1.29 is 18.7 Å². The van der Waals surface area contributed by atoms with Crippen LogP contribution in [-0.4, -0.2) is 15.6 Å². The van der Waals surface area contributed by atoms with Crippen molar-refractivity contribution in [1.29, 1.82) is 0 Å². The zero-order chi connectivity index (χ0) is 15.1. The zero-order valence-electron chi connectivity index (χ0n) is 11.1. The van der Waals surface area contributed by atoms with Gasteiger partial charge in [0.15, 0.2) is 11.6 Å². The Balaban J connectivity index is 2.17. The molecular formula is C16H11F2NO2. The van der Waals surface area contributed by atoms with Gasteiger partial charge in [-0.3, -0.25) is 9.36 Å². The molecule has 1 aromatic heterocycles. The Morgan fingerprint density at radius 3 is 2.52 bits per heavy atom. The van der Waals surface area contributed by atoms with Gasteiger partial charge in [0.25, 0.3) is 5.91 Å². The number of carbonyl (C=O) groups is 1. The fourth-order valence-corrected chi connectivity index (χ4v) is 2.37. The van der Waals surface area contributed by atoms with Gasteiger partial charge in [0.1, 0.15) is 5.75 Å². The Kier molecular flexibility index (Phi) is 2.97. The van der Waals surface area contributed by atoms with Gasteiger partial charge >= 0.3 is 0 Å². The number of carbonyl (C=O) groups excluding carboxylic acids is 1. The molecule has 0 saturated heterocycles. The lowest BCUT2D eigenvalue weighted by Crippen LogP contribution is -2.13. The van der Waals surface area contributed by atoms with Crippen molar-refractivity contribution in [2.75, 3.05) is 0 Å². The van der Waals surface area contributed by atoms with Gasteiger partial charge in [-0.1, -0.05) is 0 Å². The minimum atomic E-state index is -1.06. The lowest BCUT2D eigenvalue weighted by atomic mass is 10.2. The maximum absolute atomic E-state index is 13.3. The molecule has 3 rings (SSSR count). The van der Waals surface area contributed by atoms with Crippen LogP contribution in [0.1, 0.15) is 16.1 Å². The van der Waals surface area contributed by atoms with E-state index in [2.05, 4.69) is 0 Å². The molecule has 1 N–H and O–H groups in total. The summed E-state index contributed by atoms with van der Waals surface area (Å²) in [5.41, 5.74) is 1.30. The van der Waals surface area contributed by atoms with Crippen LogP contribution in [-0.2, 0) is 0 Å². The molecule has 0 fully saturated rings. The van der Waals surface area contributed by atoms with Crippen LogP contribution in [0.15, 0.2) is 42.5 Å². The van der Waals surface area contributed by atoms with E-state index in [1.807, 2.05) is 0 Å². The molecule has 3 nitrogen and oxygen atoms in total. The van der Waals surface area contributed by atoms with Gasteiger partial charge in [-0.15, -0.1) is 0 Å². The number of rotatable bonds is 1. The minimum absolute atomic E-state index is 0.0579. The number of benzene rings is 2. The Morgan fingerprint density at radius 1 is 1.05 bits per heavy atom. The third-order valence-corrected chi connectivity index (χ3v) is 3.34. The molecule has 0 radical (unpaired) electrons. The topological polar surface area (TPSA) is 42.2 Å². The quantitative estimate of drug-likeness (QED) is 0.742. The summed E-state index contributed by atoms with van der Waals surface area (Å²) in [5.74, 6) is -2.41. The van der Waals surface area contributed by atoms with Crippen molar-refractivity contribution in [1.82, 2.24) is 4.57 Å². The highest BCUT2D eigenvalue weighted by Gasteiger charge is 2.16. The van der Waals surface area contributed by atoms with Crippen LogP contribution in [0.2, 0.25) is 0 Å². The summed E-state index contributed by atoms with van der Waals surface area (Å²) < 4.78 is 27.6. The molecule has 21 heavy (non-hydrogen) atoms. The zero-order valence-corrected chi connectivity index (χ0v) is 11.1. The van der Waals surface area contributed by atoms with E-state index in [-0.39, 0.29) is 11.3 Å². The molecule has 106 valence electrons. The molecule has 1 heterocycles. The summed E-state index contributed by atoms with van der Waals surface area (Å²) >= 11 is 0. The van der Waals surface area contributed by atoms with Gasteiger partial charge in [0, 0.05) is 16.6 Å². The minimum Gasteiger partial charge on any atom is -0.508 e. The van der Waals surface area contributed by atoms with E-state index in [1.54, 1.807) is 19.1 Å². The monoisotopic (exact) mass is 287 g/mol. The molecule has 0 aliphatic carbocycles. The highest BCUT2D eigenvalue weighted by molar-refractivity contribution is 6.03. The average molecular weight is 287 g/mol. The molecule has 0 spiro atoms. The summed E-state index contributed by atoms with van der Waals surface area (Å²) in [5, 5.41) is 10.2. The predicted molar refractivity (Wildman–Crippen MR) is 74.4 cm³/mol. The van der Waals surface area contributed by atoms with E-state index in [0.717, 1.165) is 12.1 Å².